The van der Waals surface area contributed by atoms with E-state index in [1.54, 1.807) is 13.8 Å². The molecule has 0 aliphatic carbocycles. The first-order valence-corrected chi connectivity index (χ1v) is 4.22. The molecule has 0 aromatic carbocycles. The second-order valence-corrected chi connectivity index (χ2v) is 2.81. The van der Waals surface area contributed by atoms with E-state index in [4.69, 9.17) is 10.5 Å². The summed E-state index contributed by atoms with van der Waals surface area (Å²) in [6, 6.07) is 1.40. The van der Waals surface area contributed by atoms with E-state index < -0.39 is 11.9 Å². The number of primary amides is 1. The Labute approximate surface area is 81.2 Å². The second-order valence-electron chi connectivity index (χ2n) is 2.81. The van der Waals surface area contributed by atoms with Crippen molar-refractivity contribution in [3.8, 4) is 0 Å². The van der Waals surface area contributed by atoms with Gasteiger partial charge < -0.3 is 15.5 Å². The van der Waals surface area contributed by atoms with Gasteiger partial charge in [-0.25, -0.2) is 4.79 Å². The summed E-state index contributed by atoms with van der Waals surface area (Å²) in [5.41, 5.74) is 6.22. The summed E-state index contributed by atoms with van der Waals surface area (Å²) in [6.07, 6.45) is 0. The molecule has 3 N–H and O–H groups in total. The van der Waals surface area contributed by atoms with Crippen molar-refractivity contribution in [2.75, 3.05) is 6.61 Å². The van der Waals surface area contributed by atoms with Crippen LogP contribution in [0.15, 0.2) is 6.07 Å². The molecular formula is C9H12N2O3. The number of H-pyrrole nitrogens is 1. The molecule has 0 saturated heterocycles. The minimum atomic E-state index is -0.561. The average molecular weight is 196 g/mol. The largest absolute Gasteiger partial charge is 0.461 e. The number of carbonyl (C=O) groups is 2. The first-order valence-electron chi connectivity index (χ1n) is 4.22. The van der Waals surface area contributed by atoms with Crippen molar-refractivity contribution in [3.63, 3.8) is 0 Å². The van der Waals surface area contributed by atoms with E-state index in [1.165, 1.54) is 6.07 Å². The van der Waals surface area contributed by atoms with Crippen LogP contribution in [0.2, 0.25) is 0 Å². The first-order chi connectivity index (χ1) is 6.56. The zero-order valence-electron chi connectivity index (χ0n) is 8.09. The number of nitrogens with one attached hydrogen (secondary N) is 1. The highest BCUT2D eigenvalue weighted by Gasteiger charge is 2.14. The van der Waals surface area contributed by atoms with Gasteiger partial charge in [0.15, 0.2) is 0 Å². The lowest BCUT2D eigenvalue weighted by Gasteiger charge is -1.96. The molecule has 0 bridgehead atoms. The van der Waals surface area contributed by atoms with Gasteiger partial charge in [-0.15, -0.1) is 0 Å². The fourth-order valence-corrected chi connectivity index (χ4v) is 1.13. The molecule has 14 heavy (non-hydrogen) atoms. The molecule has 0 unspecified atom stereocenters. The smallest absolute Gasteiger partial charge is 0.354 e. The molecule has 0 saturated carbocycles. The van der Waals surface area contributed by atoms with Gasteiger partial charge in [0.25, 0.3) is 5.91 Å². The van der Waals surface area contributed by atoms with E-state index in [0.29, 0.717) is 17.9 Å². The number of aromatic nitrogens is 1. The quantitative estimate of drug-likeness (QED) is 0.694. The van der Waals surface area contributed by atoms with Crippen LogP contribution < -0.4 is 5.73 Å². The van der Waals surface area contributed by atoms with Crippen LogP contribution in [0.25, 0.3) is 0 Å². The van der Waals surface area contributed by atoms with Gasteiger partial charge in [-0.3, -0.25) is 4.79 Å². The molecule has 1 heterocycles. The predicted molar refractivity (Wildman–Crippen MR) is 50.0 cm³/mol. The minimum Gasteiger partial charge on any atom is -0.461 e. The van der Waals surface area contributed by atoms with E-state index in [2.05, 4.69) is 4.98 Å². The number of hydrogen-bond acceptors (Lipinski definition) is 3. The topological polar surface area (TPSA) is 85.2 Å². The average Bonchev–Trinajstić information content (AvgIpc) is 2.48. The van der Waals surface area contributed by atoms with Crippen molar-refractivity contribution in [1.29, 1.82) is 0 Å². The maximum Gasteiger partial charge on any atom is 0.354 e. The molecule has 0 fully saturated rings. The second kappa shape index (κ2) is 3.95. The maximum atomic E-state index is 11.2. The molecule has 0 atom stereocenters. The third-order valence-corrected chi connectivity index (χ3v) is 1.78. The van der Waals surface area contributed by atoms with E-state index in [1.807, 2.05) is 0 Å². The summed E-state index contributed by atoms with van der Waals surface area (Å²) in [5.74, 6) is -1.04. The highest BCUT2D eigenvalue weighted by atomic mass is 16.5. The molecule has 1 rings (SSSR count). The Morgan fingerprint density at radius 2 is 2.21 bits per heavy atom. The van der Waals surface area contributed by atoms with Crippen molar-refractivity contribution in [2.24, 2.45) is 5.73 Å². The Kier molecular flexibility index (Phi) is 2.91. The molecule has 0 aliphatic heterocycles. The zero-order valence-corrected chi connectivity index (χ0v) is 8.09. The summed E-state index contributed by atoms with van der Waals surface area (Å²) < 4.78 is 4.75. The molecule has 1 aromatic rings. The van der Waals surface area contributed by atoms with Gasteiger partial charge in [0, 0.05) is 5.69 Å². The van der Waals surface area contributed by atoms with Gasteiger partial charge >= 0.3 is 5.97 Å². The SMILES string of the molecule is CCOC(=O)c1cc(C(N)=O)c(C)[nH]1. The predicted octanol–water partition coefficient (Wildman–Crippen LogP) is 0.599. The van der Waals surface area contributed by atoms with Crippen LogP contribution in [0, 0.1) is 6.92 Å². The molecule has 0 radical (unpaired) electrons. The van der Waals surface area contributed by atoms with Gasteiger partial charge in [0.1, 0.15) is 5.69 Å². The van der Waals surface area contributed by atoms with E-state index in [-0.39, 0.29) is 5.69 Å². The Morgan fingerprint density at radius 1 is 1.57 bits per heavy atom. The number of nitrogens with two attached hydrogens (primary N) is 1. The third kappa shape index (κ3) is 1.93. The van der Waals surface area contributed by atoms with Gasteiger partial charge in [-0.05, 0) is 19.9 Å². The maximum absolute atomic E-state index is 11.2. The molecule has 0 spiro atoms. The number of carbonyl (C=O) groups excluding carboxylic acids is 2. The number of aromatic amines is 1. The van der Waals surface area contributed by atoms with Crippen LogP contribution in [-0.4, -0.2) is 23.5 Å². The van der Waals surface area contributed by atoms with Gasteiger partial charge in [0.05, 0.1) is 12.2 Å². The molecule has 5 nitrogen and oxygen atoms in total. The summed E-state index contributed by atoms with van der Waals surface area (Å²) in [4.78, 5) is 24.8. The molecule has 1 aromatic heterocycles. The van der Waals surface area contributed by atoms with E-state index in [0.717, 1.165) is 0 Å². The normalized spacial score (nSPS) is 9.86. The van der Waals surface area contributed by atoms with Crippen molar-refractivity contribution in [3.05, 3.63) is 23.0 Å². The van der Waals surface area contributed by atoms with Gasteiger partial charge in [-0.1, -0.05) is 0 Å². The molecule has 76 valence electrons. The summed E-state index contributed by atoms with van der Waals surface area (Å²) in [6.45, 7) is 3.67. The zero-order chi connectivity index (χ0) is 10.7. The van der Waals surface area contributed by atoms with E-state index >= 15 is 0 Å². The van der Waals surface area contributed by atoms with Crippen molar-refractivity contribution in [1.82, 2.24) is 4.98 Å². The fourth-order valence-electron chi connectivity index (χ4n) is 1.13. The van der Waals surface area contributed by atoms with Gasteiger partial charge in [-0.2, -0.15) is 0 Å². The van der Waals surface area contributed by atoms with Crippen LogP contribution in [0.4, 0.5) is 0 Å². The Morgan fingerprint density at radius 3 is 2.64 bits per heavy atom. The van der Waals surface area contributed by atoms with Crippen molar-refractivity contribution < 1.29 is 14.3 Å². The molecular weight excluding hydrogens is 184 g/mol. The van der Waals surface area contributed by atoms with Crippen molar-refractivity contribution >= 4 is 11.9 Å². The number of hydrogen-bond donors (Lipinski definition) is 2. The van der Waals surface area contributed by atoms with Crippen molar-refractivity contribution in [2.45, 2.75) is 13.8 Å². The highest BCUT2D eigenvalue weighted by Crippen LogP contribution is 2.10. The fraction of sp³-hybridized carbons (Fsp3) is 0.333. The lowest BCUT2D eigenvalue weighted by Crippen LogP contribution is -2.11. The standard InChI is InChI=1S/C9H12N2O3/c1-3-14-9(13)7-4-6(8(10)12)5(2)11-7/h4,11H,3H2,1-2H3,(H2,10,12). The van der Waals surface area contributed by atoms with Gasteiger partial charge in [0.2, 0.25) is 0 Å². The molecule has 0 aliphatic rings. The first kappa shape index (κ1) is 10.3. The Balaban J connectivity index is 2.96. The summed E-state index contributed by atoms with van der Waals surface area (Å²) in [7, 11) is 0. The lowest BCUT2D eigenvalue weighted by molar-refractivity contribution is 0.0520. The number of esters is 1. The highest BCUT2D eigenvalue weighted by molar-refractivity contribution is 5.97. The lowest BCUT2D eigenvalue weighted by atomic mass is 10.2. The number of rotatable bonds is 3. The Hall–Kier alpha value is -1.78. The monoisotopic (exact) mass is 196 g/mol. The minimum absolute atomic E-state index is 0.248. The molecule has 1 amide bonds. The number of ether oxygens (including phenoxy) is 1. The number of amides is 1. The summed E-state index contributed by atoms with van der Waals surface area (Å²) >= 11 is 0. The number of aryl methyl sites for hydroxylation is 1. The Bertz CT molecular complexity index is 368. The van der Waals surface area contributed by atoms with Crippen LogP contribution in [0.1, 0.15) is 33.5 Å². The third-order valence-electron chi connectivity index (χ3n) is 1.78. The van der Waals surface area contributed by atoms with E-state index in [9.17, 15) is 9.59 Å². The van der Waals surface area contributed by atoms with Crippen LogP contribution in [0.3, 0.4) is 0 Å². The van der Waals surface area contributed by atoms with Crippen LogP contribution in [-0.2, 0) is 4.74 Å². The van der Waals surface area contributed by atoms with Crippen LogP contribution >= 0.6 is 0 Å². The summed E-state index contributed by atoms with van der Waals surface area (Å²) in [5, 5.41) is 0. The van der Waals surface area contributed by atoms with Crippen LogP contribution in [0.5, 0.6) is 0 Å². The molecule has 5 heteroatoms.